The first kappa shape index (κ1) is 10.3. The molecule has 86 valence electrons. The molecule has 1 atom stereocenters. The SMILES string of the molecule is Oc1cccc(C2NCc3cccc(F)c32)c1. The second-order valence-corrected chi connectivity index (χ2v) is 4.22. The van der Waals surface area contributed by atoms with Crippen LogP contribution in [0.5, 0.6) is 5.75 Å². The van der Waals surface area contributed by atoms with Crippen LogP contribution >= 0.6 is 0 Å². The molecule has 0 fully saturated rings. The molecule has 0 amide bonds. The van der Waals surface area contributed by atoms with E-state index in [4.69, 9.17) is 0 Å². The van der Waals surface area contributed by atoms with Crippen molar-refractivity contribution in [3.63, 3.8) is 0 Å². The largest absolute Gasteiger partial charge is 0.508 e. The van der Waals surface area contributed by atoms with Gasteiger partial charge in [-0.2, -0.15) is 0 Å². The Labute approximate surface area is 98.7 Å². The molecule has 3 heteroatoms. The van der Waals surface area contributed by atoms with Crippen molar-refractivity contribution in [2.24, 2.45) is 0 Å². The number of benzene rings is 2. The molecule has 2 nitrogen and oxygen atoms in total. The third kappa shape index (κ3) is 1.68. The first-order chi connectivity index (χ1) is 8.25. The van der Waals surface area contributed by atoms with E-state index in [0.29, 0.717) is 12.1 Å². The van der Waals surface area contributed by atoms with Crippen molar-refractivity contribution in [2.75, 3.05) is 0 Å². The zero-order valence-corrected chi connectivity index (χ0v) is 9.15. The summed E-state index contributed by atoms with van der Waals surface area (Å²) in [7, 11) is 0. The number of phenolic OH excluding ortho intramolecular Hbond substituents is 1. The number of hydrogen-bond acceptors (Lipinski definition) is 2. The molecule has 17 heavy (non-hydrogen) atoms. The summed E-state index contributed by atoms with van der Waals surface area (Å²) in [4.78, 5) is 0. The van der Waals surface area contributed by atoms with E-state index in [1.807, 2.05) is 12.1 Å². The monoisotopic (exact) mass is 229 g/mol. The molecule has 2 aromatic rings. The Balaban J connectivity index is 2.09. The molecule has 0 saturated heterocycles. The number of halogens is 1. The molecule has 3 rings (SSSR count). The minimum atomic E-state index is -0.194. The highest BCUT2D eigenvalue weighted by molar-refractivity contribution is 5.43. The third-order valence-electron chi connectivity index (χ3n) is 3.13. The van der Waals surface area contributed by atoms with Crippen LogP contribution in [-0.4, -0.2) is 5.11 Å². The molecule has 2 aromatic carbocycles. The van der Waals surface area contributed by atoms with Crippen molar-refractivity contribution < 1.29 is 9.50 Å². The fourth-order valence-electron chi connectivity index (χ4n) is 2.36. The lowest BCUT2D eigenvalue weighted by molar-refractivity contribution is 0.473. The zero-order chi connectivity index (χ0) is 11.8. The minimum Gasteiger partial charge on any atom is -0.508 e. The van der Waals surface area contributed by atoms with Crippen molar-refractivity contribution >= 4 is 0 Å². The van der Waals surface area contributed by atoms with Gasteiger partial charge in [0.2, 0.25) is 0 Å². The molecular formula is C14H12FNO. The molecule has 0 saturated carbocycles. The highest BCUT2D eigenvalue weighted by Crippen LogP contribution is 2.33. The number of hydrogen-bond donors (Lipinski definition) is 2. The van der Waals surface area contributed by atoms with Crippen molar-refractivity contribution in [3.05, 3.63) is 65.0 Å². The minimum absolute atomic E-state index is 0.168. The smallest absolute Gasteiger partial charge is 0.128 e. The van der Waals surface area contributed by atoms with Crippen molar-refractivity contribution in [1.29, 1.82) is 0 Å². The first-order valence-electron chi connectivity index (χ1n) is 5.55. The molecule has 0 aliphatic carbocycles. The van der Waals surface area contributed by atoms with E-state index >= 15 is 0 Å². The molecule has 0 bridgehead atoms. The zero-order valence-electron chi connectivity index (χ0n) is 9.15. The van der Waals surface area contributed by atoms with Gasteiger partial charge in [-0.1, -0.05) is 24.3 Å². The van der Waals surface area contributed by atoms with Crippen molar-refractivity contribution in [2.45, 2.75) is 12.6 Å². The van der Waals surface area contributed by atoms with Crippen molar-refractivity contribution in [3.8, 4) is 5.75 Å². The van der Waals surface area contributed by atoms with E-state index in [-0.39, 0.29) is 17.6 Å². The summed E-state index contributed by atoms with van der Waals surface area (Å²) in [5.74, 6) is 0.00920. The van der Waals surface area contributed by atoms with Crippen LogP contribution in [0.4, 0.5) is 4.39 Å². The highest BCUT2D eigenvalue weighted by atomic mass is 19.1. The normalized spacial score (nSPS) is 18.1. The lowest BCUT2D eigenvalue weighted by Crippen LogP contribution is -2.13. The Bertz CT molecular complexity index is 568. The number of phenols is 1. The summed E-state index contributed by atoms with van der Waals surface area (Å²) < 4.78 is 13.8. The van der Waals surface area contributed by atoms with Crippen LogP contribution in [0.15, 0.2) is 42.5 Å². The third-order valence-corrected chi connectivity index (χ3v) is 3.13. The molecule has 1 aliphatic rings. The summed E-state index contributed by atoms with van der Waals surface area (Å²) >= 11 is 0. The standard InChI is InChI=1S/C14H12FNO/c15-12-6-2-4-10-8-16-14(13(10)12)9-3-1-5-11(17)7-9/h1-7,14,16-17H,8H2. The number of fused-ring (bicyclic) bond motifs is 1. The maximum atomic E-state index is 13.8. The molecule has 0 radical (unpaired) electrons. The van der Waals surface area contributed by atoms with Crippen LogP contribution in [-0.2, 0) is 6.54 Å². The van der Waals surface area contributed by atoms with Crippen LogP contribution in [0.3, 0.4) is 0 Å². The Morgan fingerprint density at radius 1 is 1.18 bits per heavy atom. The van der Waals surface area contributed by atoms with Gasteiger partial charge >= 0.3 is 0 Å². The Hall–Kier alpha value is -1.87. The molecule has 1 aliphatic heterocycles. The van der Waals surface area contributed by atoms with E-state index < -0.39 is 0 Å². The van der Waals surface area contributed by atoms with E-state index in [2.05, 4.69) is 5.32 Å². The van der Waals surface area contributed by atoms with Crippen LogP contribution in [0.1, 0.15) is 22.7 Å². The average molecular weight is 229 g/mol. The summed E-state index contributed by atoms with van der Waals surface area (Å²) in [6.45, 7) is 0.660. The van der Waals surface area contributed by atoms with E-state index in [1.54, 1.807) is 24.3 Å². The lowest BCUT2D eigenvalue weighted by atomic mass is 9.98. The Kier molecular flexibility index (Phi) is 2.34. The fraction of sp³-hybridized carbons (Fsp3) is 0.143. The van der Waals surface area contributed by atoms with Gasteiger partial charge in [-0.25, -0.2) is 4.39 Å². The van der Waals surface area contributed by atoms with Gasteiger partial charge in [-0.3, -0.25) is 0 Å². The fourth-order valence-corrected chi connectivity index (χ4v) is 2.36. The number of aromatic hydroxyl groups is 1. The second-order valence-electron chi connectivity index (χ2n) is 4.22. The molecule has 2 N–H and O–H groups in total. The summed E-state index contributed by atoms with van der Waals surface area (Å²) in [6, 6.07) is 11.9. The van der Waals surface area contributed by atoms with Gasteiger partial charge in [0.1, 0.15) is 11.6 Å². The second kappa shape index (κ2) is 3.86. The van der Waals surface area contributed by atoms with E-state index in [9.17, 15) is 9.50 Å². The van der Waals surface area contributed by atoms with Crippen LogP contribution in [0, 0.1) is 5.82 Å². The number of rotatable bonds is 1. The molecular weight excluding hydrogens is 217 g/mol. The average Bonchev–Trinajstić information content (AvgIpc) is 2.74. The van der Waals surface area contributed by atoms with Gasteiger partial charge < -0.3 is 10.4 Å². The highest BCUT2D eigenvalue weighted by Gasteiger charge is 2.26. The topological polar surface area (TPSA) is 32.3 Å². The van der Waals surface area contributed by atoms with Crippen LogP contribution in [0.2, 0.25) is 0 Å². The van der Waals surface area contributed by atoms with E-state index in [1.165, 1.54) is 6.07 Å². The predicted octanol–water partition coefficient (Wildman–Crippen LogP) is 2.72. The Morgan fingerprint density at radius 3 is 2.82 bits per heavy atom. The predicted molar refractivity (Wildman–Crippen MR) is 63.2 cm³/mol. The van der Waals surface area contributed by atoms with Gasteiger partial charge in [0.15, 0.2) is 0 Å². The van der Waals surface area contributed by atoms with Gasteiger partial charge in [0, 0.05) is 12.1 Å². The van der Waals surface area contributed by atoms with E-state index in [0.717, 1.165) is 11.1 Å². The van der Waals surface area contributed by atoms with Crippen LogP contribution < -0.4 is 5.32 Å². The molecule has 0 spiro atoms. The van der Waals surface area contributed by atoms with Crippen LogP contribution in [0.25, 0.3) is 0 Å². The number of nitrogens with one attached hydrogen (secondary N) is 1. The molecule has 1 unspecified atom stereocenters. The summed E-state index contributed by atoms with van der Waals surface area (Å²) in [5.41, 5.74) is 2.56. The molecule has 1 heterocycles. The maximum absolute atomic E-state index is 13.8. The maximum Gasteiger partial charge on any atom is 0.128 e. The lowest BCUT2D eigenvalue weighted by Gasteiger charge is -2.13. The Morgan fingerprint density at radius 2 is 2.00 bits per heavy atom. The first-order valence-corrected chi connectivity index (χ1v) is 5.55. The van der Waals surface area contributed by atoms with Gasteiger partial charge in [-0.15, -0.1) is 0 Å². The summed E-state index contributed by atoms with van der Waals surface area (Å²) in [5, 5.41) is 12.7. The van der Waals surface area contributed by atoms with Gasteiger partial charge in [-0.05, 0) is 29.3 Å². The summed E-state index contributed by atoms with van der Waals surface area (Å²) in [6.07, 6.45) is 0. The molecule has 0 aromatic heterocycles. The quantitative estimate of drug-likeness (QED) is 0.788. The van der Waals surface area contributed by atoms with Gasteiger partial charge in [0.25, 0.3) is 0 Å². The van der Waals surface area contributed by atoms with Gasteiger partial charge in [0.05, 0.1) is 6.04 Å². The van der Waals surface area contributed by atoms with Crippen molar-refractivity contribution in [1.82, 2.24) is 5.32 Å².